The fourth-order valence-corrected chi connectivity index (χ4v) is 5.77. The van der Waals surface area contributed by atoms with Gasteiger partial charge in [0.05, 0.1) is 12.6 Å². The van der Waals surface area contributed by atoms with Crippen LogP contribution in [0.1, 0.15) is 34.0 Å². The highest BCUT2D eigenvalue weighted by Crippen LogP contribution is 2.45. The Balaban J connectivity index is 1.36. The Labute approximate surface area is 204 Å². The first-order chi connectivity index (χ1) is 16.7. The third kappa shape index (κ3) is 3.56. The van der Waals surface area contributed by atoms with Gasteiger partial charge in [-0.15, -0.1) is 0 Å². The van der Waals surface area contributed by atoms with Crippen molar-refractivity contribution in [2.75, 3.05) is 13.7 Å². The molecule has 0 bridgehead atoms. The van der Waals surface area contributed by atoms with Gasteiger partial charge in [-0.3, -0.25) is 4.90 Å². The zero-order valence-corrected chi connectivity index (χ0v) is 19.9. The minimum atomic E-state index is -0.0293. The molecule has 0 saturated carbocycles. The number of fused-ring (bicyclic) bond motifs is 6. The zero-order chi connectivity index (χ0) is 23.2. The molecule has 0 spiro atoms. The molecule has 1 aromatic heterocycles. The highest BCUT2D eigenvalue weighted by atomic mass is 35.5. The highest BCUT2D eigenvalue weighted by molar-refractivity contribution is 6.31. The van der Waals surface area contributed by atoms with Gasteiger partial charge in [0, 0.05) is 35.2 Å². The smallest absolute Gasteiger partial charge is 0.161 e. The molecule has 3 heterocycles. The van der Waals surface area contributed by atoms with Crippen LogP contribution < -0.4 is 9.47 Å². The average molecular weight is 475 g/mol. The Kier molecular flexibility index (Phi) is 5.48. The van der Waals surface area contributed by atoms with E-state index < -0.39 is 0 Å². The Morgan fingerprint density at radius 1 is 1.06 bits per heavy atom. The number of hydrogen-bond acceptors (Lipinski definition) is 4. The molecule has 0 radical (unpaired) electrons. The Morgan fingerprint density at radius 3 is 2.71 bits per heavy atom. The number of aliphatic hydroxyl groups is 1. The van der Waals surface area contributed by atoms with Gasteiger partial charge in [0.1, 0.15) is 13.3 Å². The normalized spacial score (nSPS) is 17.2. The number of methoxy groups -OCH3 is 1. The second-order valence-corrected chi connectivity index (χ2v) is 9.51. The highest BCUT2D eigenvalue weighted by Gasteiger charge is 2.36. The molecule has 5 nitrogen and oxygen atoms in total. The number of halogens is 1. The fraction of sp³-hybridized carbons (Fsp3) is 0.286. The summed E-state index contributed by atoms with van der Waals surface area (Å²) in [5.74, 6) is 1.56. The van der Waals surface area contributed by atoms with Crippen molar-refractivity contribution < 1.29 is 14.6 Å². The summed E-state index contributed by atoms with van der Waals surface area (Å²) in [7, 11) is 1.70. The molecule has 34 heavy (non-hydrogen) atoms. The van der Waals surface area contributed by atoms with E-state index in [9.17, 15) is 5.11 Å². The van der Waals surface area contributed by atoms with Crippen molar-refractivity contribution in [3.8, 4) is 11.5 Å². The van der Waals surface area contributed by atoms with Gasteiger partial charge in [-0.05, 0) is 65.4 Å². The Hall–Kier alpha value is -2.99. The van der Waals surface area contributed by atoms with Crippen LogP contribution in [0.4, 0.5) is 0 Å². The van der Waals surface area contributed by atoms with Gasteiger partial charge in [-0.1, -0.05) is 41.9 Å². The van der Waals surface area contributed by atoms with E-state index in [2.05, 4.69) is 29.2 Å². The maximum Gasteiger partial charge on any atom is 0.161 e. The van der Waals surface area contributed by atoms with Crippen LogP contribution in [0.5, 0.6) is 11.5 Å². The van der Waals surface area contributed by atoms with E-state index in [0.29, 0.717) is 6.61 Å². The molecule has 1 N–H and O–H groups in total. The molecule has 4 aromatic rings. The van der Waals surface area contributed by atoms with Crippen LogP contribution in [0.25, 0.3) is 10.9 Å². The molecule has 0 aliphatic carbocycles. The van der Waals surface area contributed by atoms with Crippen LogP contribution in [-0.2, 0) is 32.7 Å². The first-order valence-electron chi connectivity index (χ1n) is 11.7. The quantitative estimate of drug-likeness (QED) is 0.415. The van der Waals surface area contributed by atoms with Gasteiger partial charge < -0.3 is 19.1 Å². The molecule has 0 amide bonds. The van der Waals surface area contributed by atoms with E-state index in [1.165, 1.54) is 22.4 Å². The SMILES string of the molecule is COc1cc2c(cc1OCc1ccccc1)CCN1Cc3c(c4cc(Cl)ccc4n3CO)CC21. The van der Waals surface area contributed by atoms with E-state index in [-0.39, 0.29) is 12.8 Å². The fourth-order valence-electron chi connectivity index (χ4n) is 5.60. The summed E-state index contributed by atoms with van der Waals surface area (Å²) < 4.78 is 14.0. The van der Waals surface area contributed by atoms with Crippen LogP contribution in [0, 0.1) is 0 Å². The standard InChI is InChI=1S/C28H27ClN2O3/c1-33-27-14-21-19(11-28(27)34-16-18-5-3-2-4-6-18)9-10-30-15-26-23(13-25(21)30)22-12-20(29)7-8-24(22)31(26)17-32/h2-8,11-12,14,25,32H,9-10,13,15-17H2,1H3. The Morgan fingerprint density at radius 2 is 1.91 bits per heavy atom. The first kappa shape index (κ1) is 21.5. The van der Waals surface area contributed by atoms with E-state index in [4.69, 9.17) is 21.1 Å². The lowest BCUT2D eigenvalue weighted by Crippen LogP contribution is -2.39. The van der Waals surface area contributed by atoms with E-state index in [1.54, 1.807) is 7.11 Å². The summed E-state index contributed by atoms with van der Waals surface area (Å²) in [4.78, 5) is 2.52. The van der Waals surface area contributed by atoms with E-state index in [0.717, 1.165) is 58.9 Å². The van der Waals surface area contributed by atoms with Crippen molar-refractivity contribution >= 4 is 22.5 Å². The molecule has 2 aliphatic rings. The summed E-state index contributed by atoms with van der Waals surface area (Å²) in [6.45, 7) is 2.25. The van der Waals surface area contributed by atoms with Crippen LogP contribution >= 0.6 is 11.6 Å². The monoisotopic (exact) mass is 474 g/mol. The topological polar surface area (TPSA) is 46.9 Å². The summed E-state index contributed by atoms with van der Waals surface area (Å²) in [6, 6.07) is 20.7. The van der Waals surface area contributed by atoms with Crippen molar-refractivity contribution in [1.29, 1.82) is 0 Å². The number of nitrogens with zero attached hydrogens (tertiary/aromatic N) is 2. The number of ether oxygens (including phenoxy) is 2. The summed E-state index contributed by atoms with van der Waals surface area (Å²) in [5.41, 5.74) is 7.26. The van der Waals surface area contributed by atoms with Crippen LogP contribution in [0.2, 0.25) is 5.02 Å². The van der Waals surface area contributed by atoms with Gasteiger partial charge in [-0.25, -0.2) is 0 Å². The van der Waals surface area contributed by atoms with Crippen molar-refractivity contribution in [1.82, 2.24) is 9.47 Å². The van der Waals surface area contributed by atoms with Gasteiger partial charge in [0.2, 0.25) is 0 Å². The number of aromatic nitrogens is 1. The third-order valence-corrected chi connectivity index (χ3v) is 7.51. The molecule has 3 aromatic carbocycles. The lowest BCUT2D eigenvalue weighted by molar-refractivity contribution is 0.145. The number of aliphatic hydroxyl groups excluding tert-OH is 1. The number of rotatable bonds is 5. The lowest BCUT2D eigenvalue weighted by atomic mass is 9.85. The predicted molar refractivity (Wildman–Crippen MR) is 133 cm³/mol. The number of hydrogen-bond donors (Lipinski definition) is 1. The summed E-state index contributed by atoms with van der Waals surface area (Å²) >= 11 is 6.35. The molecule has 2 aliphatic heterocycles. The maximum atomic E-state index is 10.1. The predicted octanol–water partition coefficient (Wildman–Crippen LogP) is 5.49. The Bertz CT molecular complexity index is 1370. The van der Waals surface area contributed by atoms with Crippen molar-refractivity contribution in [3.63, 3.8) is 0 Å². The van der Waals surface area contributed by atoms with Gasteiger partial charge in [-0.2, -0.15) is 0 Å². The van der Waals surface area contributed by atoms with Gasteiger partial charge in [0.25, 0.3) is 0 Å². The minimum Gasteiger partial charge on any atom is -0.493 e. The van der Waals surface area contributed by atoms with Gasteiger partial charge in [0.15, 0.2) is 11.5 Å². The molecule has 1 atom stereocenters. The second-order valence-electron chi connectivity index (χ2n) is 9.07. The molecular formula is C28H27ClN2O3. The molecular weight excluding hydrogens is 448 g/mol. The zero-order valence-electron chi connectivity index (χ0n) is 19.1. The van der Waals surface area contributed by atoms with Crippen molar-refractivity contribution in [2.24, 2.45) is 0 Å². The summed E-state index contributed by atoms with van der Waals surface area (Å²) in [6.07, 6.45) is 1.83. The molecule has 0 saturated heterocycles. The lowest BCUT2D eigenvalue weighted by Gasteiger charge is -2.41. The minimum absolute atomic E-state index is 0.0293. The molecule has 1 unspecified atom stereocenters. The van der Waals surface area contributed by atoms with Crippen molar-refractivity contribution in [3.05, 3.63) is 93.6 Å². The molecule has 6 rings (SSSR count). The van der Waals surface area contributed by atoms with Gasteiger partial charge >= 0.3 is 0 Å². The third-order valence-electron chi connectivity index (χ3n) is 7.27. The van der Waals surface area contributed by atoms with Crippen LogP contribution in [0.3, 0.4) is 0 Å². The first-order valence-corrected chi connectivity index (χ1v) is 12.1. The van der Waals surface area contributed by atoms with Crippen LogP contribution in [-0.4, -0.2) is 28.2 Å². The largest absolute Gasteiger partial charge is 0.493 e. The van der Waals surface area contributed by atoms with Crippen LogP contribution in [0.15, 0.2) is 60.7 Å². The second kappa shape index (κ2) is 8.66. The van der Waals surface area contributed by atoms with E-state index >= 15 is 0 Å². The maximum absolute atomic E-state index is 10.1. The summed E-state index contributed by atoms with van der Waals surface area (Å²) in [5, 5.41) is 12.0. The number of benzene rings is 3. The van der Waals surface area contributed by atoms with Crippen molar-refractivity contribution in [2.45, 2.75) is 38.8 Å². The molecule has 0 fully saturated rings. The molecule has 6 heteroatoms. The average Bonchev–Trinajstić information content (AvgIpc) is 3.17. The molecule has 174 valence electrons. The van der Waals surface area contributed by atoms with E-state index in [1.807, 2.05) is 41.0 Å².